The van der Waals surface area contributed by atoms with Crippen LogP contribution in [0, 0.1) is 0 Å². The minimum atomic E-state index is -0.175. The molecule has 0 aromatic carbocycles. The molecule has 15 heavy (non-hydrogen) atoms. The number of ether oxygens (including phenoxy) is 2. The Morgan fingerprint density at radius 2 is 1.73 bits per heavy atom. The maximum Gasteiger partial charge on any atom is 0.158 e. The van der Waals surface area contributed by atoms with Gasteiger partial charge < -0.3 is 9.47 Å². The summed E-state index contributed by atoms with van der Waals surface area (Å²) in [5, 5.41) is 0.405. The molecule has 0 radical (unpaired) electrons. The number of hydrogen-bond donors (Lipinski definition) is 0. The van der Waals surface area contributed by atoms with Gasteiger partial charge in [-0.25, -0.2) is 9.97 Å². The van der Waals surface area contributed by atoms with E-state index in [9.17, 15) is 0 Å². The second kappa shape index (κ2) is 5.39. The fourth-order valence-electron chi connectivity index (χ4n) is 1.07. The van der Waals surface area contributed by atoms with Crippen molar-refractivity contribution in [2.45, 2.75) is 26.1 Å². The monoisotopic (exact) mass is 230 g/mol. The third kappa shape index (κ3) is 3.12. The summed E-state index contributed by atoms with van der Waals surface area (Å²) in [6.45, 7) is 3.77. The lowest BCUT2D eigenvalue weighted by molar-refractivity contribution is 0.104. The zero-order valence-corrected chi connectivity index (χ0v) is 10.1. The average Bonchev–Trinajstić information content (AvgIpc) is 2.26. The predicted molar refractivity (Wildman–Crippen MR) is 57.9 cm³/mol. The zero-order valence-electron chi connectivity index (χ0n) is 9.32. The largest absolute Gasteiger partial charge is 0.375 e. The lowest BCUT2D eigenvalue weighted by Gasteiger charge is -2.13. The van der Waals surface area contributed by atoms with Gasteiger partial charge in [0.25, 0.3) is 0 Å². The van der Waals surface area contributed by atoms with Gasteiger partial charge >= 0.3 is 0 Å². The van der Waals surface area contributed by atoms with E-state index in [0.717, 1.165) is 5.69 Å². The molecule has 0 saturated heterocycles. The van der Waals surface area contributed by atoms with Crippen molar-refractivity contribution in [3.63, 3.8) is 0 Å². The van der Waals surface area contributed by atoms with Crippen molar-refractivity contribution < 1.29 is 9.47 Å². The zero-order chi connectivity index (χ0) is 11.4. The second-order valence-corrected chi connectivity index (χ2v) is 3.62. The summed E-state index contributed by atoms with van der Waals surface area (Å²) in [4.78, 5) is 8.42. The molecule has 1 rings (SSSR count). The molecule has 1 aromatic rings. The Labute approximate surface area is 94.6 Å². The van der Waals surface area contributed by atoms with E-state index >= 15 is 0 Å². The van der Waals surface area contributed by atoms with Gasteiger partial charge in [0.05, 0.1) is 11.8 Å². The molecule has 0 saturated carbocycles. The van der Waals surface area contributed by atoms with Gasteiger partial charge in [-0.15, -0.1) is 0 Å². The van der Waals surface area contributed by atoms with Crippen LogP contribution in [0.1, 0.15) is 37.6 Å². The van der Waals surface area contributed by atoms with Crippen molar-refractivity contribution in [3.8, 4) is 0 Å². The van der Waals surface area contributed by atoms with Crippen LogP contribution in [0.2, 0.25) is 5.15 Å². The van der Waals surface area contributed by atoms with Crippen LogP contribution in [0.3, 0.4) is 0 Å². The van der Waals surface area contributed by atoms with Crippen molar-refractivity contribution >= 4 is 11.6 Å². The molecule has 0 aliphatic carbocycles. The first-order valence-corrected chi connectivity index (χ1v) is 5.06. The van der Waals surface area contributed by atoms with Crippen LogP contribution in [-0.2, 0) is 9.47 Å². The van der Waals surface area contributed by atoms with E-state index in [-0.39, 0.29) is 12.2 Å². The van der Waals surface area contributed by atoms with Gasteiger partial charge in [0, 0.05) is 14.2 Å². The van der Waals surface area contributed by atoms with E-state index in [1.165, 1.54) is 0 Å². The molecule has 0 unspecified atom stereocenters. The highest BCUT2D eigenvalue weighted by Gasteiger charge is 2.13. The van der Waals surface area contributed by atoms with Gasteiger partial charge in [-0.2, -0.15) is 0 Å². The maximum atomic E-state index is 5.89. The molecule has 1 heterocycles. The van der Waals surface area contributed by atoms with Crippen LogP contribution in [-0.4, -0.2) is 24.2 Å². The van der Waals surface area contributed by atoms with E-state index in [1.54, 1.807) is 20.3 Å². The van der Waals surface area contributed by atoms with E-state index in [1.807, 2.05) is 13.8 Å². The number of rotatable bonds is 4. The summed E-state index contributed by atoms with van der Waals surface area (Å²) in [7, 11) is 3.23. The fraction of sp³-hybridized carbons (Fsp3) is 0.600. The van der Waals surface area contributed by atoms with Crippen LogP contribution in [0.5, 0.6) is 0 Å². The standard InChI is InChI=1S/C10H15ClN2O2/c1-6(14-3)8-5-9(11)13-10(12-8)7(2)15-4/h5-7H,1-4H3/t6-,7-/m0/s1. The van der Waals surface area contributed by atoms with Crippen LogP contribution in [0.4, 0.5) is 0 Å². The Hall–Kier alpha value is -0.710. The predicted octanol–water partition coefficient (Wildman–Crippen LogP) is 2.54. The molecule has 4 nitrogen and oxygen atoms in total. The van der Waals surface area contributed by atoms with E-state index in [4.69, 9.17) is 21.1 Å². The van der Waals surface area contributed by atoms with Crippen molar-refractivity contribution in [2.75, 3.05) is 14.2 Å². The fourth-order valence-corrected chi connectivity index (χ4v) is 1.27. The Morgan fingerprint density at radius 3 is 2.27 bits per heavy atom. The first kappa shape index (κ1) is 12.4. The van der Waals surface area contributed by atoms with Crippen molar-refractivity contribution in [2.24, 2.45) is 0 Å². The molecule has 0 amide bonds. The summed E-state index contributed by atoms with van der Waals surface area (Å²) in [6, 6.07) is 1.70. The number of hydrogen-bond acceptors (Lipinski definition) is 4. The van der Waals surface area contributed by atoms with Gasteiger partial charge in [0.2, 0.25) is 0 Å². The summed E-state index contributed by atoms with van der Waals surface area (Å²) in [5.41, 5.74) is 0.761. The maximum absolute atomic E-state index is 5.89. The summed E-state index contributed by atoms with van der Waals surface area (Å²) in [6.07, 6.45) is -0.278. The SMILES string of the molecule is CO[C@@H](C)c1cc(Cl)nc([C@H](C)OC)n1. The molecule has 2 atom stereocenters. The van der Waals surface area contributed by atoms with Gasteiger partial charge in [-0.1, -0.05) is 11.6 Å². The smallest absolute Gasteiger partial charge is 0.158 e. The Kier molecular flexibility index (Phi) is 4.45. The molecular formula is C10H15ClN2O2. The highest BCUT2D eigenvalue weighted by molar-refractivity contribution is 6.29. The van der Waals surface area contributed by atoms with Crippen LogP contribution in [0.25, 0.3) is 0 Å². The lowest BCUT2D eigenvalue weighted by atomic mass is 10.2. The van der Waals surface area contributed by atoms with Crippen molar-refractivity contribution in [1.82, 2.24) is 9.97 Å². The van der Waals surface area contributed by atoms with E-state index in [0.29, 0.717) is 11.0 Å². The van der Waals surface area contributed by atoms with E-state index < -0.39 is 0 Å². The van der Waals surface area contributed by atoms with Gasteiger partial charge in [0.15, 0.2) is 5.82 Å². The Bertz CT molecular complexity index is 305. The number of nitrogens with zero attached hydrogens (tertiary/aromatic N) is 2. The molecule has 0 aliphatic heterocycles. The number of methoxy groups -OCH3 is 2. The molecule has 0 aliphatic rings. The molecule has 0 N–H and O–H groups in total. The molecule has 5 heteroatoms. The molecule has 0 fully saturated rings. The van der Waals surface area contributed by atoms with Gasteiger partial charge in [-0.05, 0) is 19.9 Å². The van der Waals surface area contributed by atoms with E-state index in [2.05, 4.69) is 9.97 Å². The summed E-state index contributed by atoms with van der Waals surface area (Å²) in [5.74, 6) is 0.573. The van der Waals surface area contributed by atoms with Gasteiger partial charge in [-0.3, -0.25) is 0 Å². The van der Waals surface area contributed by atoms with Crippen LogP contribution in [0.15, 0.2) is 6.07 Å². The highest BCUT2D eigenvalue weighted by atomic mass is 35.5. The Balaban J connectivity index is 3.04. The Morgan fingerprint density at radius 1 is 1.13 bits per heavy atom. The van der Waals surface area contributed by atoms with Crippen LogP contribution >= 0.6 is 11.6 Å². The van der Waals surface area contributed by atoms with Crippen molar-refractivity contribution in [1.29, 1.82) is 0 Å². The molecule has 1 aromatic heterocycles. The molecule has 0 spiro atoms. The molecule has 0 bridgehead atoms. The normalized spacial score (nSPS) is 15.0. The second-order valence-electron chi connectivity index (χ2n) is 3.23. The topological polar surface area (TPSA) is 44.2 Å². The summed E-state index contributed by atoms with van der Waals surface area (Å²) < 4.78 is 10.3. The number of aromatic nitrogens is 2. The molecular weight excluding hydrogens is 216 g/mol. The van der Waals surface area contributed by atoms with Crippen molar-refractivity contribution in [3.05, 3.63) is 22.7 Å². The lowest BCUT2D eigenvalue weighted by Crippen LogP contribution is -2.08. The first-order valence-electron chi connectivity index (χ1n) is 4.68. The third-order valence-corrected chi connectivity index (χ3v) is 2.41. The summed E-state index contributed by atoms with van der Waals surface area (Å²) >= 11 is 5.89. The molecule has 84 valence electrons. The third-order valence-electron chi connectivity index (χ3n) is 2.22. The number of halogens is 1. The first-order chi connectivity index (χ1) is 7.08. The average molecular weight is 231 g/mol. The minimum absolute atomic E-state index is 0.103. The van der Waals surface area contributed by atoms with Crippen LogP contribution < -0.4 is 0 Å². The van der Waals surface area contributed by atoms with Gasteiger partial charge in [0.1, 0.15) is 11.3 Å². The minimum Gasteiger partial charge on any atom is -0.375 e. The quantitative estimate of drug-likeness (QED) is 0.746. The highest BCUT2D eigenvalue weighted by Crippen LogP contribution is 2.20.